The lowest BCUT2D eigenvalue weighted by molar-refractivity contribution is -0.916. The molecule has 2 unspecified atom stereocenters. The van der Waals surface area contributed by atoms with Gasteiger partial charge in [0.1, 0.15) is 12.4 Å². The number of quaternary nitrogens is 1. The van der Waals surface area contributed by atoms with Crippen LogP contribution in [0.15, 0.2) is 84.9 Å². The molecule has 0 bridgehead atoms. The van der Waals surface area contributed by atoms with Crippen LogP contribution in [0, 0.1) is 23.6 Å². The number of amides is 1. The van der Waals surface area contributed by atoms with Crippen LogP contribution >= 0.6 is 0 Å². The van der Waals surface area contributed by atoms with E-state index < -0.39 is 5.60 Å². The monoisotopic (exact) mass is 445 g/mol. The predicted molar refractivity (Wildman–Crippen MR) is 125 cm³/mol. The molecule has 1 saturated heterocycles. The highest BCUT2D eigenvalue weighted by Gasteiger charge is 2.61. The van der Waals surface area contributed by atoms with Crippen molar-refractivity contribution in [1.82, 2.24) is 5.32 Å². The molecular formula is C28H30FN2O2+. The minimum atomic E-state index is -1.73. The second-order valence-corrected chi connectivity index (χ2v) is 9.92. The number of likely N-dealkylation sites (tertiary alicyclic amines) is 1. The molecule has 1 aliphatic carbocycles. The van der Waals surface area contributed by atoms with Gasteiger partial charge in [-0.05, 0) is 29.2 Å². The van der Waals surface area contributed by atoms with E-state index in [9.17, 15) is 14.3 Å². The second-order valence-electron chi connectivity index (χ2n) is 9.92. The third-order valence-corrected chi connectivity index (χ3v) is 7.48. The van der Waals surface area contributed by atoms with Gasteiger partial charge in [-0.2, -0.15) is 0 Å². The molecule has 5 heteroatoms. The van der Waals surface area contributed by atoms with Crippen molar-refractivity contribution in [3.05, 3.63) is 107 Å². The SMILES string of the molecule is C[N+]1(Cc2cccc(F)c2)CC2C(CNC(=O)C(O)(c3ccccc3)c3ccccc3)C2C1. The van der Waals surface area contributed by atoms with Crippen LogP contribution in [-0.4, -0.2) is 42.2 Å². The normalized spacial score (nSPS) is 26.0. The van der Waals surface area contributed by atoms with Crippen molar-refractivity contribution in [2.24, 2.45) is 17.8 Å². The summed E-state index contributed by atoms with van der Waals surface area (Å²) in [6, 6.07) is 25.1. The van der Waals surface area contributed by atoms with Crippen LogP contribution in [0.4, 0.5) is 4.39 Å². The average Bonchev–Trinajstić information content (AvgIpc) is 3.31. The highest BCUT2D eigenvalue weighted by atomic mass is 19.1. The van der Waals surface area contributed by atoms with Gasteiger partial charge in [0.05, 0.1) is 20.1 Å². The maximum atomic E-state index is 13.6. The van der Waals surface area contributed by atoms with E-state index in [2.05, 4.69) is 12.4 Å². The van der Waals surface area contributed by atoms with Gasteiger partial charge >= 0.3 is 0 Å². The number of aliphatic hydroxyl groups is 1. The third-order valence-electron chi connectivity index (χ3n) is 7.48. The topological polar surface area (TPSA) is 49.3 Å². The summed E-state index contributed by atoms with van der Waals surface area (Å²) < 4.78 is 14.5. The van der Waals surface area contributed by atoms with Gasteiger partial charge in [-0.15, -0.1) is 0 Å². The molecule has 0 aromatic heterocycles. The van der Waals surface area contributed by atoms with E-state index in [1.165, 1.54) is 6.07 Å². The molecule has 2 aliphatic rings. The highest BCUT2D eigenvalue weighted by Crippen LogP contribution is 2.54. The van der Waals surface area contributed by atoms with E-state index in [0.29, 0.717) is 35.4 Å². The molecular weight excluding hydrogens is 415 g/mol. The van der Waals surface area contributed by atoms with Gasteiger partial charge < -0.3 is 14.9 Å². The molecule has 2 fully saturated rings. The average molecular weight is 446 g/mol. The molecule has 170 valence electrons. The minimum Gasteiger partial charge on any atom is -0.372 e. The summed E-state index contributed by atoms with van der Waals surface area (Å²) >= 11 is 0. The molecule has 2 N–H and O–H groups in total. The van der Waals surface area contributed by atoms with E-state index in [1.54, 1.807) is 36.4 Å². The van der Waals surface area contributed by atoms with Crippen molar-refractivity contribution in [3.8, 4) is 0 Å². The van der Waals surface area contributed by atoms with E-state index in [0.717, 1.165) is 29.7 Å². The summed E-state index contributed by atoms with van der Waals surface area (Å²) in [7, 11) is 2.23. The van der Waals surface area contributed by atoms with Crippen molar-refractivity contribution < 1.29 is 18.8 Å². The summed E-state index contributed by atoms with van der Waals surface area (Å²) in [4.78, 5) is 13.3. The number of nitrogens with zero attached hydrogens (tertiary/aromatic N) is 1. The summed E-state index contributed by atoms with van der Waals surface area (Å²) in [6.45, 7) is 3.45. The minimum absolute atomic E-state index is 0.187. The number of fused-ring (bicyclic) bond motifs is 1. The molecule has 1 heterocycles. The molecule has 2 atom stereocenters. The van der Waals surface area contributed by atoms with Gasteiger partial charge in [-0.3, -0.25) is 4.79 Å². The zero-order valence-electron chi connectivity index (χ0n) is 18.8. The Morgan fingerprint density at radius 3 is 2.09 bits per heavy atom. The van der Waals surface area contributed by atoms with Crippen LogP contribution < -0.4 is 5.32 Å². The van der Waals surface area contributed by atoms with E-state index >= 15 is 0 Å². The van der Waals surface area contributed by atoms with Crippen LogP contribution in [0.25, 0.3) is 0 Å². The maximum absolute atomic E-state index is 13.6. The smallest absolute Gasteiger partial charge is 0.261 e. The molecule has 0 spiro atoms. The zero-order valence-corrected chi connectivity index (χ0v) is 18.8. The fraction of sp³-hybridized carbons (Fsp3) is 0.321. The number of carbonyl (C=O) groups excluding carboxylic acids is 1. The number of nitrogens with one attached hydrogen (secondary N) is 1. The van der Waals surface area contributed by atoms with Crippen molar-refractivity contribution in [2.45, 2.75) is 12.1 Å². The fourth-order valence-electron chi connectivity index (χ4n) is 5.79. The lowest BCUT2D eigenvalue weighted by Crippen LogP contribution is -2.47. The van der Waals surface area contributed by atoms with E-state index in [-0.39, 0.29) is 11.7 Å². The highest BCUT2D eigenvalue weighted by molar-refractivity contribution is 5.90. The van der Waals surface area contributed by atoms with Crippen LogP contribution in [0.3, 0.4) is 0 Å². The molecule has 0 radical (unpaired) electrons. The molecule has 1 saturated carbocycles. The fourth-order valence-corrected chi connectivity index (χ4v) is 5.79. The van der Waals surface area contributed by atoms with Crippen molar-refractivity contribution in [2.75, 3.05) is 26.7 Å². The molecule has 1 amide bonds. The summed E-state index contributed by atoms with van der Waals surface area (Å²) in [6.07, 6.45) is 0. The van der Waals surface area contributed by atoms with Crippen molar-refractivity contribution >= 4 is 5.91 Å². The summed E-state index contributed by atoms with van der Waals surface area (Å²) in [5.41, 5.74) is 0.418. The first-order valence-electron chi connectivity index (χ1n) is 11.6. The Morgan fingerprint density at radius 1 is 0.970 bits per heavy atom. The number of hydrogen-bond donors (Lipinski definition) is 2. The Hall–Kier alpha value is -3.02. The number of piperidine rings is 1. The summed E-state index contributed by atoms with van der Waals surface area (Å²) in [5.74, 6) is 0.981. The van der Waals surface area contributed by atoms with Gasteiger partial charge in [0.2, 0.25) is 0 Å². The number of carbonyl (C=O) groups is 1. The standard InChI is InChI=1S/C28H29FN2O2/c1-31(17-20-9-8-14-23(29)15-20)18-25-24(26(25)19-31)16-30-27(32)28(33,21-10-4-2-5-11-21)22-12-6-3-7-13-22/h2-15,24-26,33H,16-19H2,1H3/p+1. The van der Waals surface area contributed by atoms with Gasteiger partial charge in [0.25, 0.3) is 5.91 Å². The first-order chi connectivity index (χ1) is 15.9. The lowest BCUT2D eigenvalue weighted by Gasteiger charge is -2.33. The first kappa shape index (κ1) is 21.8. The zero-order chi connectivity index (χ0) is 23.1. The van der Waals surface area contributed by atoms with E-state index in [4.69, 9.17) is 0 Å². The van der Waals surface area contributed by atoms with Crippen LogP contribution in [0.5, 0.6) is 0 Å². The quantitative estimate of drug-likeness (QED) is 0.545. The molecule has 3 aromatic carbocycles. The van der Waals surface area contributed by atoms with Crippen LogP contribution in [0.2, 0.25) is 0 Å². The Labute approximate surface area is 194 Å². The predicted octanol–water partition coefficient (Wildman–Crippen LogP) is 3.70. The van der Waals surface area contributed by atoms with Gasteiger partial charge in [-0.25, -0.2) is 4.39 Å². The lowest BCUT2D eigenvalue weighted by atomic mass is 9.85. The molecule has 33 heavy (non-hydrogen) atoms. The maximum Gasteiger partial charge on any atom is 0.261 e. The van der Waals surface area contributed by atoms with Crippen LogP contribution in [-0.2, 0) is 16.9 Å². The molecule has 3 aromatic rings. The van der Waals surface area contributed by atoms with Crippen LogP contribution in [0.1, 0.15) is 16.7 Å². The van der Waals surface area contributed by atoms with Crippen molar-refractivity contribution in [3.63, 3.8) is 0 Å². The first-order valence-corrected chi connectivity index (χ1v) is 11.6. The number of rotatable bonds is 7. The van der Waals surface area contributed by atoms with Crippen molar-refractivity contribution in [1.29, 1.82) is 0 Å². The Balaban J connectivity index is 1.23. The Kier molecular flexibility index (Phi) is 5.55. The number of halogens is 1. The molecule has 4 nitrogen and oxygen atoms in total. The Bertz CT molecular complexity index is 1080. The summed E-state index contributed by atoms with van der Waals surface area (Å²) in [5, 5.41) is 14.6. The van der Waals surface area contributed by atoms with Gasteiger partial charge in [0.15, 0.2) is 5.60 Å². The molecule has 1 aliphatic heterocycles. The number of benzene rings is 3. The third kappa shape index (κ3) is 4.19. The molecule has 5 rings (SSSR count). The second kappa shape index (κ2) is 8.40. The Morgan fingerprint density at radius 2 is 1.55 bits per heavy atom. The largest absolute Gasteiger partial charge is 0.372 e. The van der Waals surface area contributed by atoms with Gasteiger partial charge in [-0.1, -0.05) is 72.8 Å². The number of hydrogen-bond acceptors (Lipinski definition) is 2. The van der Waals surface area contributed by atoms with E-state index in [1.807, 2.05) is 42.5 Å². The van der Waals surface area contributed by atoms with Gasteiger partial charge in [0, 0.05) is 23.9 Å².